The van der Waals surface area contributed by atoms with Gasteiger partial charge >= 0.3 is 6.03 Å². The van der Waals surface area contributed by atoms with Gasteiger partial charge in [0.2, 0.25) is 0 Å². The zero-order valence-corrected chi connectivity index (χ0v) is 19.2. The van der Waals surface area contributed by atoms with Crippen molar-refractivity contribution in [2.45, 2.75) is 25.1 Å². The number of halogens is 2. The SMILES string of the molecule is C[C@@H](N1CCN(c2ccc(NC(=O)NN)cc2)CC1)[C@](O)(Cn1cncn1)c1ccc(F)cc1F. The molecule has 3 aromatic rings. The molecule has 186 valence electrons. The van der Waals surface area contributed by atoms with Gasteiger partial charge < -0.3 is 15.3 Å². The number of amides is 2. The largest absolute Gasteiger partial charge is 0.381 e. The lowest BCUT2D eigenvalue weighted by molar-refractivity contribution is -0.0650. The van der Waals surface area contributed by atoms with Gasteiger partial charge in [0, 0.05) is 55.2 Å². The Morgan fingerprint density at radius 2 is 1.89 bits per heavy atom. The van der Waals surface area contributed by atoms with Crippen LogP contribution in [0.15, 0.2) is 55.1 Å². The molecule has 1 aromatic heterocycles. The number of urea groups is 1. The van der Waals surface area contributed by atoms with Crippen LogP contribution in [0, 0.1) is 11.6 Å². The smallest absolute Gasteiger partial charge is 0.333 e. The first kappa shape index (κ1) is 24.5. The molecule has 35 heavy (non-hydrogen) atoms. The Kier molecular flexibility index (Phi) is 7.24. The van der Waals surface area contributed by atoms with Crippen LogP contribution in [0.1, 0.15) is 12.5 Å². The fourth-order valence-electron chi connectivity index (χ4n) is 4.44. The second-order valence-electron chi connectivity index (χ2n) is 8.49. The fourth-order valence-corrected chi connectivity index (χ4v) is 4.44. The second kappa shape index (κ2) is 10.3. The summed E-state index contributed by atoms with van der Waals surface area (Å²) in [6.07, 6.45) is 2.79. The Morgan fingerprint density at radius 1 is 1.17 bits per heavy atom. The molecular weight excluding hydrogens is 458 g/mol. The quantitative estimate of drug-likeness (QED) is 0.227. The summed E-state index contributed by atoms with van der Waals surface area (Å²) in [5.41, 5.74) is 1.94. The second-order valence-corrected chi connectivity index (χ2v) is 8.49. The molecule has 2 aromatic carbocycles. The number of piperazine rings is 1. The highest BCUT2D eigenvalue weighted by molar-refractivity contribution is 5.88. The normalized spacial score (nSPS) is 17.0. The van der Waals surface area contributed by atoms with E-state index in [0.29, 0.717) is 31.9 Å². The average Bonchev–Trinajstić information content (AvgIpc) is 3.36. The molecule has 0 bridgehead atoms. The molecule has 2 atom stereocenters. The van der Waals surface area contributed by atoms with Crippen LogP contribution in [0.3, 0.4) is 0 Å². The summed E-state index contributed by atoms with van der Waals surface area (Å²) in [5, 5.41) is 18.5. The highest BCUT2D eigenvalue weighted by Crippen LogP contribution is 2.33. The number of nitrogens with zero attached hydrogens (tertiary/aromatic N) is 5. The van der Waals surface area contributed by atoms with E-state index < -0.39 is 29.3 Å². The van der Waals surface area contributed by atoms with Gasteiger partial charge in [0.1, 0.15) is 29.9 Å². The van der Waals surface area contributed by atoms with Crippen molar-refractivity contribution < 1.29 is 18.7 Å². The summed E-state index contributed by atoms with van der Waals surface area (Å²) >= 11 is 0. The third-order valence-corrected chi connectivity index (χ3v) is 6.44. The van der Waals surface area contributed by atoms with Gasteiger partial charge in [-0.25, -0.2) is 29.1 Å². The number of hydrazine groups is 1. The lowest BCUT2D eigenvalue weighted by Crippen LogP contribution is -2.57. The van der Waals surface area contributed by atoms with Crippen molar-refractivity contribution in [3.8, 4) is 0 Å². The maximum atomic E-state index is 14.8. The van der Waals surface area contributed by atoms with Crippen molar-refractivity contribution in [3.05, 3.63) is 72.3 Å². The molecule has 1 fully saturated rings. The number of nitrogens with two attached hydrogens (primary N) is 1. The monoisotopic (exact) mass is 486 g/mol. The lowest BCUT2D eigenvalue weighted by atomic mass is 9.85. The van der Waals surface area contributed by atoms with Crippen molar-refractivity contribution in [1.29, 1.82) is 0 Å². The van der Waals surface area contributed by atoms with Crippen LogP contribution < -0.4 is 21.5 Å². The molecule has 5 N–H and O–H groups in total. The number of aromatic nitrogens is 3. The van der Waals surface area contributed by atoms with E-state index >= 15 is 0 Å². The third kappa shape index (κ3) is 5.39. The van der Waals surface area contributed by atoms with Crippen molar-refractivity contribution >= 4 is 17.4 Å². The molecule has 0 radical (unpaired) electrons. The van der Waals surface area contributed by atoms with Gasteiger partial charge in [-0.15, -0.1) is 0 Å². The minimum atomic E-state index is -1.68. The van der Waals surface area contributed by atoms with Crippen molar-refractivity contribution in [3.63, 3.8) is 0 Å². The predicted octanol–water partition coefficient (Wildman–Crippen LogP) is 1.65. The van der Waals surface area contributed by atoms with Crippen LogP contribution >= 0.6 is 0 Å². The molecule has 2 heterocycles. The minimum absolute atomic E-state index is 0.00827. The number of benzene rings is 2. The first-order valence-electron chi connectivity index (χ1n) is 11.2. The van der Waals surface area contributed by atoms with Crippen LogP contribution in [0.4, 0.5) is 25.0 Å². The molecule has 12 heteroatoms. The van der Waals surface area contributed by atoms with E-state index in [4.69, 9.17) is 5.84 Å². The Hall–Kier alpha value is -3.61. The molecule has 1 aliphatic heterocycles. The number of carbonyl (C=O) groups is 1. The summed E-state index contributed by atoms with van der Waals surface area (Å²) in [6, 6.07) is 9.58. The summed E-state index contributed by atoms with van der Waals surface area (Å²) < 4.78 is 29.8. The van der Waals surface area contributed by atoms with Gasteiger partial charge in [0.25, 0.3) is 0 Å². The molecule has 2 amide bonds. The number of nitrogens with one attached hydrogen (secondary N) is 2. The minimum Gasteiger partial charge on any atom is -0.381 e. The van der Waals surface area contributed by atoms with Crippen LogP contribution in [0.25, 0.3) is 0 Å². The highest BCUT2D eigenvalue weighted by Gasteiger charge is 2.42. The molecule has 1 saturated heterocycles. The Bertz CT molecular complexity index is 1140. The number of hydrogen-bond donors (Lipinski definition) is 4. The summed E-state index contributed by atoms with van der Waals surface area (Å²) in [5.74, 6) is 3.57. The van der Waals surface area contributed by atoms with E-state index in [9.17, 15) is 18.7 Å². The van der Waals surface area contributed by atoms with Gasteiger partial charge in [-0.05, 0) is 37.3 Å². The standard InChI is InChI=1S/C23H28F2N8O2/c1-16(23(35,13-33-15-27-14-28-33)20-7-2-17(24)12-21(20)25)31-8-10-32(11-9-31)19-5-3-18(4-6-19)29-22(34)30-26/h2-7,12,14-16,35H,8-11,13,26H2,1H3,(H2,29,30,34)/t16-,23-/m1/s1. The van der Waals surface area contributed by atoms with Gasteiger partial charge in [-0.3, -0.25) is 10.3 Å². The van der Waals surface area contributed by atoms with E-state index in [1.54, 1.807) is 12.1 Å². The van der Waals surface area contributed by atoms with Crippen LogP contribution in [0.2, 0.25) is 0 Å². The van der Waals surface area contributed by atoms with Crippen molar-refractivity contribution in [2.75, 3.05) is 36.4 Å². The third-order valence-electron chi connectivity index (χ3n) is 6.44. The van der Waals surface area contributed by atoms with Gasteiger partial charge in [0.15, 0.2) is 0 Å². The summed E-state index contributed by atoms with van der Waals surface area (Å²) in [6.45, 7) is 4.36. The fraction of sp³-hybridized carbons (Fsp3) is 0.348. The Balaban J connectivity index is 1.48. The van der Waals surface area contributed by atoms with E-state index in [1.165, 1.54) is 23.4 Å². The van der Waals surface area contributed by atoms with Gasteiger partial charge in [-0.1, -0.05) is 6.07 Å². The first-order chi connectivity index (χ1) is 16.8. The predicted molar refractivity (Wildman–Crippen MR) is 126 cm³/mol. The first-order valence-corrected chi connectivity index (χ1v) is 11.2. The zero-order valence-electron chi connectivity index (χ0n) is 19.2. The number of rotatable bonds is 7. The maximum Gasteiger partial charge on any atom is 0.333 e. The lowest BCUT2D eigenvalue weighted by Gasteiger charge is -2.45. The van der Waals surface area contributed by atoms with Crippen LogP contribution in [-0.2, 0) is 12.1 Å². The molecular formula is C23H28F2N8O2. The number of aliphatic hydroxyl groups is 1. The zero-order chi connectivity index (χ0) is 25.0. The van der Waals surface area contributed by atoms with Crippen LogP contribution in [0.5, 0.6) is 0 Å². The average molecular weight is 487 g/mol. The highest BCUT2D eigenvalue weighted by atomic mass is 19.1. The van der Waals surface area contributed by atoms with Crippen molar-refractivity contribution in [2.24, 2.45) is 5.84 Å². The molecule has 1 aliphatic rings. The number of anilines is 2. The molecule has 0 unspecified atom stereocenters. The van der Waals surface area contributed by atoms with Crippen LogP contribution in [-0.4, -0.2) is 63.0 Å². The Morgan fingerprint density at radius 3 is 2.49 bits per heavy atom. The molecule has 4 rings (SSSR count). The van der Waals surface area contributed by atoms with E-state index in [0.717, 1.165) is 17.8 Å². The summed E-state index contributed by atoms with van der Waals surface area (Å²) in [4.78, 5) is 19.5. The van der Waals surface area contributed by atoms with Crippen molar-refractivity contribution in [1.82, 2.24) is 25.1 Å². The molecule has 0 spiro atoms. The molecule has 0 aliphatic carbocycles. The number of hydrogen-bond acceptors (Lipinski definition) is 7. The number of carbonyl (C=O) groups excluding carboxylic acids is 1. The van der Waals surface area contributed by atoms with Gasteiger partial charge in [-0.2, -0.15) is 5.10 Å². The van der Waals surface area contributed by atoms with E-state index in [2.05, 4.69) is 25.2 Å². The topological polar surface area (TPSA) is 125 Å². The molecule has 10 nitrogen and oxygen atoms in total. The Labute approximate surface area is 201 Å². The summed E-state index contributed by atoms with van der Waals surface area (Å²) in [7, 11) is 0. The van der Waals surface area contributed by atoms with E-state index in [-0.39, 0.29) is 12.1 Å². The maximum absolute atomic E-state index is 14.8. The van der Waals surface area contributed by atoms with E-state index in [1.807, 2.05) is 24.5 Å². The van der Waals surface area contributed by atoms with Gasteiger partial charge in [0.05, 0.1) is 6.54 Å². The molecule has 0 saturated carbocycles.